The minimum absolute atomic E-state index is 0.0320. The van der Waals surface area contributed by atoms with E-state index >= 15 is 0 Å². The molecule has 4 rings (SSSR count). The van der Waals surface area contributed by atoms with Crippen molar-refractivity contribution in [2.45, 2.75) is 25.7 Å². The number of carbonyl (C=O) groups is 1. The number of nitrogens with one attached hydrogen (secondary N) is 2. The third-order valence-corrected chi connectivity index (χ3v) is 5.86. The number of ether oxygens (including phenoxy) is 1. The monoisotopic (exact) mass is 338 g/mol. The number of methoxy groups -OCH3 is 1. The zero-order chi connectivity index (χ0) is 17.3. The van der Waals surface area contributed by atoms with Crippen LogP contribution in [0.4, 0.5) is 0 Å². The van der Waals surface area contributed by atoms with E-state index in [1.54, 1.807) is 7.11 Å². The zero-order valence-electron chi connectivity index (χ0n) is 14.9. The molecule has 0 radical (unpaired) electrons. The summed E-state index contributed by atoms with van der Waals surface area (Å²) in [6.07, 6.45) is 4.24. The van der Waals surface area contributed by atoms with Gasteiger partial charge in [0.15, 0.2) is 0 Å². The average Bonchev–Trinajstić information content (AvgIpc) is 3.06. The molecule has 1 aliphatic carbocycles. The van der Waals surface area contributed by atoms with Crippen LogP contribution in [0.25, 0.3) is 10.8 Å². The molecule has 1 amide bonds. The highest BCUT2D eigenvalue weighted by Gasteiger charge is 2.32. The normalized spacial score (nSPS) is 18.4. The minimum atomic E-state index is 0.0320. The van der Waals surface area contributed by atoms with Crippen molar-refractivity contribution in [1.82, 2.24) is 10.6 Å². The van der Waals surface area contributed by atoms with Gasteiger partial charge < -0.3 is 15.4 Å². The van der Waals surface area contributed by atoms with Crippen LogP contribution in [0, 0.1) is 5.41 Å². The van der Waals surface area contributed by atoms with Gasteiger partial charge in [0.2, 0.25) is 0 Å². The molecule has 1 heterocycles. The molecule has 25 heavy (non-hydrogen) atoms. The van der Waals surface area contributed by atoms with Gasteiger partial charge in [0.05, 0.1) is 6.61 Å². The molecule has 0 saturated carbocycles. The van der Waals surface area contributed by atoms with Crippen molar-refractivity contribution in [2.24, 2.45) is 5.41 Å². The molecule has 0 atom stereocenters. The lowest BCUT2D eigenvalue weighted by Crippen LogP contribution is -2.47. The van der Waals surface area contributed by atoms with Gasteiger partial charge in [-0.2, -0.15) is 0 Å². The lowest BCUT2D eigenvalue weighted by atomic mass is 9.79. The smallest absolute Gasteiger partial charge is 0.251 e. The van der Waals surface area contributed by atoms with Crippen LogP contribution < -0.4 is 10.6 Å². The van der Waals surface area contributed by atoms with Crippen LogP contribution in [-0.4, -0.2) is 39.3 Å². The summed E-state index contributed by atoms with van der Waals surface area (Å²) in [5.41, 5.74) is 3.58. The Balaban J connectivity index is 1.57. The number of rotatable bonds is 5. The molecule has 4 heteroatoms. The number of carbonyl (C=O) groups excluding carboxylic acids is 1. The lowest BCUT2D eigenvalue weighted by Gasteiger charge is -2.37. The number of aryl methyl sites for hydroxylation is 2. The number of piperidine rings is 1. The third-order valence-electron chi connectivity index (χ3n) is 5.86. The number of amides is 1. The van der Waals surface area contributed by atoms with E-state index in [0.717, 1.165) is 49.7 Å². The fourth-order valence-electron chi connectivity index (χ4n) is 4.44. The second-order valence-corrected chi connectivity index (χ2v) is 7.48. The molecule has 2 N–H and O–H groups in total. The second kappa shape index (κ2) is 6.77. The summed E-state index contributed by atoms with van der Waals surface area (Å²) in [7, 11) is 1.74. The molecule has 2 aromatic rings. The van der Waals surface area contributed by atoms with Crippen molar-refractivity contribution in [3.8, 4) is 0 Å². The summed E-state index contributed by atoms with van der Waals surface area (Å²) in [4.78, 5) is 12.9. The molecule has 132 valence electrons. The van der Waals surface area contributed by atoms with Gasteiger partial charge >= 0.3 is 0 Å². The maximum Gasteiger partial charge on any atom is 0.251 e. The van der Waals surface area contributed by atoms with Gasteiger partial charge in [-0.15, -0.1) is 0 Å². The Bertz CT molecular complexity index is 778. The summed E-state index contributed by atoms with van der Waals surface area (Å²) in [5, 5.41) is 8.98. The first-order valence-corrected chi connectivity index (χ1v) is 9.24. The topological polar surface area (TPSA) is 50.4 Å². The van der Waals surface area contributed by atoms with Crippen LogP contribution in [0.2, 0.25) is 0 Å². The fraction of sp³-hybridized carbons (Fsp3) is 0.476. The number of hydrogen-bond acceptors (Lipinski definition) is 3. The highest BCUT2D eigenvalue weighted by Crippen LogP contribution is 2.33. The van der Waals surface area contributed by atoms with E-state index in [-0.39, 0.29) is 11.3 Å². The zero-order valence-corrected chi connectivity index (χ0v) is 14.9. The molecule has 2 aliphatic rings. The Hall–Kier alpha value is -1.91. The minimum Gasteiger partial charge on any atom is -0.384 e. The SMILES string of the molecule is COCC1(CNC(=O)c2ccc3c4c(cccc24)CC3)CCNCC1. The molecule has 4 nitrogen and oxygen atoms in total. The highest BCUT2D eigenvalue weighted by molar-refractivity contribution is 6.09. The number of hydrogen-bond donors (Lipinski definition) is 2. The molecule has 1 aliphatic heterocycles. The van der Waals surface area contributed by atoms with Crippen LogP contribution in [0.5, 0.6) is 0 Å². The Morgan fingerprint density at radius 1 is 1.16 bits per heavy atom. The first-order chi connectivity index (χ1) is 12.2. The van der Waals surface area contributed by atoms with Gasteiger partial charge in [0, 0.05) is 24.6 Å². The van der Waals surface area contributed by atoms with Crippen molar-refractivity contribution >= 4 is 16.7 Å². The summed E-state index contributed by atoms with van der Waals surface area (Å²) in [6.45, 7) is 3.34. The lowest BCUT2D eigenvalue weighted by molar-refractivity contribution is 0.0512. The molecule has 0 unspecified atom stereocenters. The summed E-state index contributed by atoms with van der Waals surface area (Å²) >= 11 is 0. The van der Waals surface area contributed by atoms with Crippen molar-refractivity contribution in [3.63, 3.8) is 0 Å². The van der Waals surface area contributed by atoms with Crippen LogP contribution >= 0.6 is 0 Å². The molecule has 2 aromatic carbocycles. The predicted molar refractivity (Wildman–Crippen MR) is 100 cm³/mol. The van der Waals surface area contributed by atoms with E-state index in [9.17, 15) is 4.79 Å². The van der Waals surface area contributed by atoms with Crippen LogP contribution in [0.15, 0.2) is 30.3 Å². The quantitative estimate of drug-likeness (QED) is 0.881. The van der Waals surface area contributed by atoms with E-state index in [0.29, 0.717) is 13.2 Å². The van der Waals surface area contributed by atoms with Gasteiger partial charge in [0.25, 0.3) is 5.91 Å². The fourth-order valence-corrected chi connectivity index (χ4v) is 4.44. The van der Waals surface area contributed by atoms with E-state index in [1.807, 2.05) is 6.07 Å². The van der Waals surface area contributed by atoms with Crippen LogP contribution in [-0.2, 0) is 17.6 Å². The van der Waals surface area contributed by atoms with Crippen LogP contribution in [0.1, 0.15) is 34.3 Å². The first-order valence-electron chi connectivity index (χ1n) is 9.24. The Morgan fingerprint density at radius 2 is 1.92 bits per heavy atom. The molecule has 1 fully saturated rings. The third kappa shape index (κ3) is 3.05. The van der Waals surface area contributed by atoms with E-state index in [1.165, 1.54) is 16.5 Å². The van der Waals surface area contributed by atoms with Gasteiger partial charge in [-0.3, -0.25) is 4.79 Å². The molecule has 1 saturated heterocycles. The Morgan fingerprint density at radius 3 is 2.68 bits per heavy atom. The largest absolute Gasteiger partial charge is 0.384 e. The van der Waals surface area contributed by atoms with E-state index in [2.05, 4.69) is 34.9 Å². The van der Waals surface area contributed by atoms with Gasteiger partial charge in [-0.05, 0) is 66.7 Å². The van der Waals surface area contributed by atoms with Crippen molar-refractivity contribution in [2.75, 3.05) is 33.4 Å². The Labute approximate surface area is 148 Å². The van der Waals surface area contributed by atoms with Crippen LogP contribution in [0.3, 0.4) is 0 Å². The van der Waals surface area contributed by atoms with Crippen molar-refractivity contribution in [1.29, 1.82) is 0 Å². The van der Waals surface area contributed by atoms with Gasteiger partial charge in [-0.25, -0.2) is 0 Å². The average molecular weight is 338 g/mol. The molecular weight excluding hydrogens is 312 g/mol. The second-order valence-electron chi connectivity index (χ2n) is 7.48. The van der Waals surface area contributed by atoms with Gasteiger partial charge in [-0.1, -0.05) is 24.3 Å². The van der Waals surface area contributed by atoms with Crippen molar-refractivity contribution < 1.29 is 9.53 Å². The summed E-state index contributed by atoms with van der Waals surface area (Å²) < 4.78 is 5.45. The first kappa shape index (κ1) is 16.6. The molecule has 0 bridgehead atoms. The van der Waals surface area contributed by atoms with Crippen molar-refractivity contribution in [3.05, 3.63) is 47.0 Å². The Kier molecular flexibility index (Phi) is 4.48. The maximum atomic E-state index is 12.9. The number of benzene rings is 2. The molecule has 0 aromatic heterocycles. The van der Waals surface area contributed by atoms with Gasteiger partial charge in [0.1, 0.15) is 0 Å². The van der Waals surface area contributed by atoms with E-state index < -0.39 is 0 Å². The highest BCUT2D eigenvalue weighted by atomic mass is 16.5. The summed E-state index contributed by atoms with van der Waals surface area (Å²) in [5.74, 6) is 0.0320. The molecule has 0 spiro atoms. The summed E-state index contributed by atoms with van der Waals surface area (Å²) in [6, 6.07) is 10.5. The molecular formula is C21H26N2O2. The predicted octanol–water partition coefficient (Wildman–Crippen LogP) is 2.68. The maximum absolute atomic E-state index is 12.9. The van der Waals surface area contributed by atoms with E-state index in [4.69, 9.17) is 4.74 Å². The standard InChI is InChI=1S/C21H26N2O2/c1-25-14-21(9-11-22-12-10-21)13-23-20(24)18-8-7-16-6-5-15-3-2-4-17(18)19(15)16/h2-4,7-8,22H,5-6,9-14H2,1H3,(H,23,24).